The lowest BCUT2D eigenvalue weighted by molar-refractivity contribution is -0.0592. The van der Waals surface area contributed by atoms with Gasteiger partial charge >= 0.3 is 0 Å². The Morgan fingerprint density at radius 1 is 1.07 bits per heavy atom. The molecule has 40 heavy (non-hydrogen) atoms. The number of ether oxygens (including phenoxy) is 2. The second-order valence-corrected chi connectivity index (χ2v) is 10.5. The fourth-order valence-electron chi connectivity index (χ4n) is 5.09. The average molecular weight is 566 g/mol. The minimum absolute atomic E-state index is 0.0380. The maximum atomic E-state index is 14.4. The summed E-state index contributed by atoms with van der Waals surface area (Å²) in [5, 5.41) is 9.52. The van der Waals surface area contributed by atoms with E-state index >= 15 is 0 Å². The molecule has 5 heterocycles. The Morgan fingerprint density at radius 2 is 1.90 bits per heavy atom. The van der Waals surface area contributed by atoms with Gasteiger partial charge in [-0.25, -0.2) is 19.3 Å². The smallest absolute Gasteiger partial charge is 0.254 e. The molecule has 4 aromatic rings. The van der Waals surface area contributed by atoms with E-state index in [1.807, 2.05) is 0 Å². The number of nitrogens with zero attached hydrogens (tertiary/aromatic N) is 7. The molecule has 0 amide bonds. The van der Waals surface area contributed by atoms with Crippen LogP contribution in [-0.4, -0.2) is 55.2 Å². The van der Waals surface area contributed by atoms with Gasteiger partial charge in [-0.1, -0.05) is 17.7 Å². The summed E-state index contributed by atoms with van der Waals surface area (Å²) in [6.45, 7) is 3.49. The summed E-state index contributed by atoms with van der Waals surface area (Å²) < 4.78 is 41.8. The molecule has 1 aromatic carbocycles. The summed E-state index contributed by atoms with van der Waals surface area (Å²) in [5.74, 6) is 0.0419. The number of hydrogen-bond donors (Lipinski definition) is 0. The average Bonchev–Trinajstić information content (AvgIpc) is 3.27. The number of aromatic nitrogens is 5. The molecule has 0 radical (unpaired) electrons. The normalized spacial score (nSPS) is 18.0. The van der Waals surface area contributed by atoms with E-state index < -0.39 is 11.6 Å². The Kier molecular flexibility index (Phi) is 7.56. The van der Waals surface area contributed by atoms with Gasteiger partial charge in [0.2, 0.25) is 5.82 Å². The van der Waals surface area contributed by atoms with Crippen molar-refractivity contribution in [2.24, 2.45) is 0 Å². The Morgan fingerprint density at radius 3 is 2.62 bits per heavy atom. The van der Waals surface area contributed by atoms with E-state index in [1.165, 1.54) is 12.1 Å². The van der Waals surface area contributed by atoms with Crippen LogP contribution in [-0.2, 0) is 24.4 Å². The number of benzene rings is 1. The van der Waals surface area contributed by atoms with Gasteiger partial charge in [0.05, 0.1) is 42.6 Å². The van der Waals surface area contributed by atoms with Gasteiger partial charge in [0.1, 0.15) is 35.8 Å². The number of hydrogen-bond acceptors (Lipinski definition) is 8. The Bertz CT molecular complexity index is 1580. The zero-order valence-corrected chi connectivity index (χ0v) is 22.3. The van der Waals surface area contributed by atoms with Crippen LogP contribution in [0.5, 0.6) is 5.88 Å². The molecule has 1 atom stereocenters. The van der Waals surface area contributed by atoms with Gasteiger partial charge in [-0.3, -0.25) is 4.90 Å². The van der Waals surface area contributed by atoms with Crippen molar-refractivity contribution in [3.8, 4) is 11.9 Å². The molecule has 2 fully saturated rings. The van der Waals surface area contributed by atoms with Crippen molar-refractivity contribution in [3.63, 3.8) is 0 Å². The van der Waals surface area contributed by atoms with Crippen molar-refractivity contribution in [1.29, 1.82) is 5.26 Å². The summed E-state index contributed by atoms with van der Waals surface area (Å²) in [6.07, 6.45) is 5.54. The molecule has 0 saturated carbocycles. The third-order valence-corrected chi connectivity index (χ3v) is 7.67. The molecule has 2 aliphatic heterocycles. The van der Waals surface area contributed by atoms with Gasteiger partial charge < -0.3 is 14.0 Å². The molecule has 0 N–H and O–H groups in total. The van der Waals surface area contributed by atoms with E-state index in [4.69, 9.17) is 26.1 Å². The third-order valence-electron chi connectivity index (χ3n) is 7.44. The second kappa shape index (κ2) is 11.4. The number of pyridine rings is 1. The van der Waals surface area contributed by atoms with Crippen molar-refractivity contribution in [1.82, 2.24) is 29.4 Å². The number of likely N-dealkylation sites (tertiary alicyclic amines) is 1. The van der Waals surface area contributed by atoms with Crippen LogP contribution in [0.25, 0.3) is 11.0 Å². The van der Waals surface area contributed by atoms with Crippen molar-refractivity contribution in [2.75, 3.05) is 19.7 Å². The number of imidazole rings is 1. The summed E-state index contributed by atoms with van der Waals surface area (Å²) in [4.78, 5) is 20.0. The molecule has 0 spiro atoms. The van der Waals surface area contributed by atoms with E-state index in [-0.39, 0.29) is 35.1 Å². The molecule has 0 aliphatic carbocycles. The summed E-state index contributed by atoms with van der Waals surface area (Å²) in [6, 6.07) is 8.04. The van der Waals surface area contributed by atoms with Gasteiger partial charge in [-0.05, 0) is 44.5 Å². The van der Waals surface area contributed by atoms with Crippen LogP contribution in [0.3, 0.4) is 0 Å². The third kappa shape index (κ3) is 5.61. The Balaban J connectivity index is 1.12. The number of nitriles is 1. The number of rotatable bonds is 8. The highest BCUT2D eigenvalue weighted by Crippen LogP contribution is 2.29. The molecule has 206 valence electrons. The molecule has 6 rings (SSSR count). The van der Waals surface area contributed by atoms with Gasteiger partial charge in [0.15, 0.2) is 0 Å². The quantitative estimate of drug-likeness (QED) is 0.301. The fourth-order valence-corrected chi connectivity index (χ4v) is 5.25. The molecule has 2 aliphatic rings. The predicted octanol–water partition coefficient (Wildman–Crippen LogP) is 4.77. The minimum atomic E-state index is -0.695. The molecule has 12 heteroatoms. The maximum Gasteiger partial charge on any atom is 0.254 e. The lowest BCUT2D eigenvalue weighted by Gasteiger charge is -2.32. The lowest BCUT2D eigenvalue weighted by atomic mass is 9.96. The first-order chi connectivity index (χ1) is 19.5. The summed E-state index contributed by atoms with van der Waals surface area (Å²) >= 11 is 5.80. The van der Waals surface area contributed by atoms with Gasteiger partial charge in [0, 0.05) is 29.2 Å². The van der Waals surface area contributed by atoms with Crippen molar-refractivity contribution in [3.05, 3.63) is 76.2 Å². The zero-order chi connectivity index (χ0) is 27.6. The summed E-state index contributed by atoms with van der Waals surface area (Å²) in [5.41, 5.74) is 2.24. The van der Waals surface area contributed by atoms with Gasteiger partial charge in [0.25, 0.3) is 5.88 Å². The van der Waals surface area contributed by atoms with Crippen LogP contribution in [0, 0.1) is 23.0 Å². The molecule has 0 unspecified atom stereocenters. The SMILES string of the molecule is N#Cc1cc2nc(CN3CCC(c4ncc(F)c(OCc5ccc(Cl)cc5F)n4)CC3)n(C[C@@H]3CCO3)c2cn1. The van der Waals surface area contributed by atoms with Crippen LogP contribution in [0.2, 0.25) is 5.02 Å². The van der Waals surface area contributed by atoms with Crippen LogP contribution in [0.4, 0.5) is 8.78 Å². The van der Waals surface area contributed by atoms with Crippen molar-refractivity contribution >= 4 is 22.6 Å². The van der Waals surface area contributed by atoms with Crippen molar-refractivity contribution < 1.29 is 18.3 Å². The molecular weight excluding hydrogens is 540 g/mol. The van der Waals surface area contributed by atoms with Crippen LogP contribution in [0.1, 0.15) is 48.1 Å². The van der Waals surface area contributed by atoms with E-state index in [0.29, 0.717) is 24.6 Å². The van der Waals surface area contributed by atoms with Crippen molar-refractivity contribution in [2.45, 2.75) is 51.0 Å². The minimum Gasteiger partial charge on any atom is -0.471 e. The largest absolute Gasteiger partial charge is 0.471 e. The van der Waals surface area contributed by atoms with E-state index in [1.54, 1.807) is 18.3 Å². The molecule has 0 bridgehead atoms. The first-order valence-electron chi connectivity index (χ1n) is 13.1. The highest BCUT2D eigenvalue weighted by Gasteiger charge is 2.27. The van der Waals surface area contributed by atoms with E-state index in [2.05, 4.69) is 30.5 Å². The Hall–Kier alpha value is -3.72. The molecule has 9 nitrogen and oxygen atoms in total. The predicted molar refractivity (Wildman–Crippen MR) is 142 cm³/mol. The number of fused-ring (bicyclic) bond motifs is 1. The Labute approximate surface area is 234 Å². The first kappa shape index (κ1) is 26.5. The van der Waals surface area contributed by atoms with E-state index in [0.717, 1.165) is 62.0 Å². The van der Waals surface area contributed by atoms with E-state index in [9.17, 15) is 14.0 Å². The van der Waals surface area contributed by atoms with Gasteiger partial charge in [-0.15, -0.1) is 0 Å². The highest BCUT2D eigenvalue weighted by molar-refractivity contribution is 6.30. The number of halogens is 3. The second-order valence-electron chi connectivity index (χ2n) is 10.0. The number of piperidine rings is 1. The monoisotopic (exact) mass is 565 g/mol. The maximum absolute atomic E-state index is 14.4. The topological polar surface area (TPSA) is 102 Å². The van der Waals surface area contributed by atoms with Crippen LogP contribution in [0.15, 0.2) is 36.7 Å². The molecule has 2 saturated heterocycles. The zero-order valence-electron chi connectivity index (χ0n) is 21.6. The molecule has 3 aromatic heterocycles. The lowest BCUT2D eigenvalue weighted by Crippen LogP contribution is -2.35. The highest BCUT2D eigenvalue weighted by atomic mass is 35.5. The fraction of sp³-hybridized carbons (Fsp3) is 0.393. The van der Waals surface area contributed by atoms with Crippen LogP contribution >= 0.6 is 11.6 Å². The molecular formula is C28H26ClF2N7O2. The van der Waals surface area contributed by atoms with Crippen LogP contribution < -0.4 is 4.74 Å². The van der Waals surface area contributed by atoms with Gasteiger partial charge in [-0.2, -0.15) is 14.6 Å². The first-order valence-corrected chi connectivity index (χ1v) is 13.5. The summed E-state index contributed by atoms with van der Waals surface area (Å²) in [7, 11) is 0. The standard InChI is InChI=1S/C28H26ClF2N7O2/c29-19-2-1-18(22(30)9-19)16-40-28-23(31)12-34-27(36-28)17-3-6-37(7-4-17)15-26-35-24-10-20(11-32)33-13-25(24)38(26)14-21-5-8-39-21/h1-2,9-10,12-13,17,21H,3-8,14-16H2/t21-/m0/s1.